The standard InChI is InChI=1S/C9H14N2O/c1-6-3-4-8(10)5-9(6)11-7(2)12/h3-5,7,11-12H,10H2,1-2H3. The van der Waals surface area contributed by atoms with Gasteiger partial charge >= 0.3 is 0 Å². The maximum Gasteiger partial charge on any atom is 0.121 e. The van der Waals surface area contributed by atoms with Crippen LogP contribution in [0.3, 0.4) is 0 Å². The first-order chi connectivity index (χ1) is 5.59. The Morgan fingerprint density at radius 2 is 2.17 bits per heavy atom. The van der Waals surface area contributed by atoms with Crippen LogP contribution in [0.4, 0.5) is 11.4 Å². The molecule has 0 aliphatic carbocycles. The molecular formula is C9H14N2O. The molecule has 0 aliphatic heterocycles. The number of nitrogens with two attached hydrogens (primary N) is 1. The van der Waals surface area contributed by atoms with E-state index in [2.05, 4.69) is 5.32 Å². The lowest BCUT2D eigenvalue weighted by atomic mass is 10.2. The van der Waals surface area contributed by atoms with Gasteiger partial charge in [-0.15, -0.1) is 0 Å². The first-order valence-electron chi connectivity index (χ1n) is 3.90. The number of benzene rings is 1. The molecule has 0 amide bonds. The fraction of sp³-hybridized carbons (Fsp3) is 0.333. The summed E-state index contributed by atoms with van der Waals surface area (Å²) in [4.78, 5) is 0. The van der Waals surface area contributed by atoms with Gasteiger partial charge in [-0.2, -0.15) is 0 Å². The van der Waals surface area contributed by atoms with E-state index < -0.39 is 6.23 Å². The van der Waals surface area contributed by atoms with Gasteiger partial charge in [-0.25, -0.2) is 0 Å². The molecule has 4 N–H and O–H groups in total. The highest BCUT2D eigenvalue weighted by atomic mass is 16.3. The number of rotatable bonds is 2. The second-order valence-corrected chi connectivity index (χ2v) is 2.89. The van der Waals surface area contributed by atoms with Gasteiger partial charge in [0.25, 0.3) is 0 Å². The lowest BCUT2D eigenvalue weighted by Gasteiger charge is -2.12. The minimum Gasteiger partial charge on any atom is -0.399 e. The van der Waals surface area contributed by atoms with Gasteiger partial charge < -0.3 is 16.2 Å². The van der Waals surface area contributed by atoms with Gasteiger partial charge in [0, 0.05) is 11.4 Å². The van der Waals surface area contributed by atoms with Gasteiger partial charge in [-0.1, -0.05) is 6.07 Å². The Labute approximate surface area is 72.2 Å². The van der Waals surface area contributed by atoms with E-state index >= 15 is 0 Å². The predicted molar refractivity (Wildman–Crippen MR) is 50.9 cm³/mol. The van der Waals surface area contributed by atoms with Crippen molar-refractivity contribution < 1.29 is 5.11 Å². The summed E-state index contributed by atoms with van der Waals surface area (Å²) < 4.78 is 0. The Morgan fingerprint density at radius 3 is 2.75 bits per heavy atom. The highest BCUT2D eigenvalue weighted by Gasteiger charge is 2.00. The van der Waals surface area contributed by atoms with Crippen molar-refractivity contribution in [2.45, 2.75) is 20.1 Å². The van der Waals surface area contributed by atoms with E-state index in [-0.39, 0.29) is 0 Å². The van der Waals surface area contributed by atoms with Crippen molar-refractivity contribution in [2.75, 3.05) is 11.1 Å². The number of hydrogen-bond donors (Lipinski definition) is 3. The van der Waals surface area contributed by atoms with Gasteiger partial charge in [0.2, 0.25) is 0 Å². The zero-order chi connectivity index (χ0) is 9.14. The van der Waals surface area contributed by atoms with E-state index in [1.807, 2.05) is 25.1 Å². The third kappa shape index (κ3) is 2.13. The van der Waals surface area contributed by atoms with Gasteiger partial charge in [-0.3, -0.25) is 0 Å². The molecule has 0 aliphatic rings. The van der Waals surface area contributed by atoms with E-state index in [9.17, 15) is 0 Å². The van der Waals surface area contributed by atoms with Gasteiger partial charge in [0.05, 0.1) is 0 Å². The molecule has 0 heterocycles. The monoisotopic (exact) mass is 166 g/mol. The highest BCUT2D eigenvalue weighted by Crippen LogP contribution is 2.18. The number of nitrogen functional groups attached to an aromatic ring is 1. The fourth-order valence-corrected chi connectivity index (χ4v) is 1.02. The van der Waals surface area contributed by atoms with Crippen LogP contribution in [0.5, 0.6) is 0 Å². The van der Waals surface area contributed by atoms with Crippen LogP contribution in [0.15, 0.2) is 18.2 Å². The van der Waals surface area contributed by atoms with Crippen molar-refractivity contribution in [3.63, 3.8) is 0 Å². The Hall–Kier alpha value is -1.22. The van der Waals surface area contributed by atoms with E-state index in [1.165, 1.54) is 0 Å². The minimum atomic E-state index is -0.550. The third-order valence-electron chi connectivity index (χ3n) is 1.63. The summed E-state index contributed by atoms with van der Waals surface area (Å²) in [6.07, 6.45) is -0.550. The van der Waals surface area contributed by atoms with Crippen molar-refractivity contribution in [1.29, 1.82) is 0 Å². The average molecular weight is 166 g/mol. The zero-order valence-corrected chi connectivity index (χ0v) is 7.33. The molecule has 1 aromatic carbocycles. The van der Waals surface area contributed by atoms with Gasteiger partial charge in [0.15, 0.2) is 0 Å². The van der Waals surface area contributed by atoms with Crippen molar-refractivity contribution in [3.05, 3.63) is 23.8 Å². The van der Waals surface area contributed by atoms with Gasteiger partial charge in [0.1, 0.15) is 6.23 Å². The molecule has 1 rings (SSSR count). The molecule has 0 radical (unpaired) electrons. The molecule has 12 heavy (non-hydrogen) atoms. The molecule has 0 saturated heterocycles. The largest absolute Gasteiger partial charge is 0.399 e. The summed E-state index contributed by atoms with van der Waals surface area (Å²) in [5.41, 5.74) is 8.23. The molecule has 0 saturated carbocycles. The molecule has 0 aromatic heterocycles. The first-order valence-corrected chi connectivity index (χ1v) is 3.90. The van der Waals surface area contributed by atoms with Crippen LogP contribution >= 0.6 is 0 Å². The first kappa shape index (κ1) is 8.87. The van der Waals surface area contributed by atoms with Crippen LogP contribution < -0.4 is 11.1 Å². The minimum absolute atomic E-state index is 0.550. The number of anilines is 2. The summed E-state index contributed by atoms with van der Waals surface area (Å²) in [6.45, 7) is 3.63. The number of nitrogens with one attached hydrogen (secondary N) is 1. The molecule has 1 aromatic rings. The Morgan fingerprint density at radius 1 is 1.50 bits per heavy atom. The molecular weight excluding hydrogens is 152 g/mol. The Kier molecular flexibility index (Phi) is 2.55. The smallest absolute Gasteiger partial charge is 0.121 e. The maximum atomic E-state index is 9.07. The number of aliphatic hydroxyl groups is 1. The Bertz CT molecular complexity index is 271. The van der Waals surface area contributed by atoms with Crippen molar-refractivity contribution in [2.24, 2.45) is 0 Å². The van der Waals surface area contributed by atoms with Crippen molar-refractivity contribution in [1.82, 2.24) is 0 Å². The zero-order valence-electron chi connectivity index (χ0n) is 7.33. The molecule has 0 bridgehead atoms. The lowest BCUT2D eigenvalue weighted by Crippen LogP contribution is -2.14. The van der Waals surface area contributed by atoms with Crippen molar-refractivity contribution >= 4 is 11.4 Å². The molecule has 3 heteroatoms. The topological polar surface area (TPSA) is 58.3 Å². The van der Waals surface area contributed by atoms with E-state index in [1.54, 1.807) is 6.92 Å². The second-order valence-electron chi connectivity index (χ2n) is 2.89. The van der Waals surface area contributed by atoms with Gasteiger partial charge in [-0.05, 0) is 31.5 Å². The van der Waals surface area contributed by atoms with Crippen LogP contribution in [-0.2, 0) is 0 Å². The normalized spacial score (nSPS) is 12.6. The second kappa shape index (κ2) is 3.45. The summed E-state index contributed by atoms with van der Waals surface area (Å²) in [7, 11) is 0. The SMILES string of the molecule is Cc1ccc(N)cc1NC(C)O. The van der Waals surface area contributed by atoms with E-state index in [0.29, 0.717) is 5.69 Å². The van der Waals surface area contributed by atoms with Crippen molar-refractivity contribution in [3.8, 4) is 0 Å². The van der Waals surface area contributed by atoms with Crippen LogP contribution in [0.2, 0.25) is 0 Å². The Balaban J connectivity index is 2.90. The average Bonchev–Trinajstić information content (AvgIpc) is 1.96. The molecule has 1 unspecified atom stereocenters. The molecule has 0 fully saturated rings. The van der Waals surface area contributed by atoms with Crippen LogP contribution in [0.25, 0.3) is 0 Å². The van der Waals surface area contributed by atoms with E-state index in [0.717, 1.165) is 11.3 Å². The molecule has 66 valence electrons. The fourth-order valence-electron chi connectivity index (χ4n) is 1.02. The quantitative estimate of drug-likeness (QED) is 0.459. The molecule has 0 spiro atoms. The van der Waals surface area contributed by atoms with Crippen LogP contribution in [-0.4, -0.2) is 11.3 Å². The summed E-state index contributed by atoms with van der Waals surface area (Å²) >= 11 is 0. The molecule has 1 atom stereocenters. The summed E-state index contributed by atoms with van der Waals surface area (Å²) in [5.74, 6) is 0. The number of hydrogen-bond acceptors (Lipinski definition) is 3. The predicted octanol–water partition coefficient (Wildman–Crippen LogP) is 1.33. The number of aryl methyl sites for hydroxylation is 1. The molecule has 3 nitrogen and oxygen atoms in total. The lowest BCUT2D eigenvalue weighted by molar-refractivity contribution is 0.224. The third-order valence-corrected chi connectivity index (χ3v) is 1.63. The number of aliphatic hydroxyl groups excluding tert-OH is 1. The van der Waals surface area contributed by atoms with Crippen LogP contribution in [0, 0.1) is 6.92 Å². The highest BCUT2D eigenvalue weighted by molar-refractivity contribution is 5.59. The maximum absolute atomic E-state index is 9.07. The summed E-state index contributed by atoms with van der Waals surface area (Å²) in [5, 5.41) is 12.0. The summed E-state index contributed by atoms with van der Waals surface area (Å²) in [6, 6.07) is 5.56. The van der Waals surface area contributed by atoms with Crippen LogP contribution in [0.1, 0.15) is 12.5 Å². The van der Waals surface area contributed by atoms with E-state index in [4.69, 9.17) is 10.8 Å².